The average molecular weight is 288 g/mol. The molecule has 2 N–H and O–H groups in total. The maximum absolute atomic E-state index is 12.8. The highest BCUT2D eigenvalue weighted by Crippen LogP contribution is 2.31. The Kier molecular flexibility index (Phi) is 3.23. The fraction of sp³-hybridized carbons (Fsp3) is 0.467. The van der Waals surface area contributed by atoms with Gasteiger partial charge in [0.05, 0.1) is 17.9 Å². The first-order valence-electron chi connectivity index (χ1n) is 7.12. The molecule has 112 valence electrons. The number of hydrogen-bond acceptors (Lipinski definition) is 4. The first-order valence-corrected chi connectivity index (χ1v) is 7.12. The second kappa shape index (κ2) is 4.95. The molecule has 1 amide bonds. The van der Waals surface area contributed by atoms with Crippen LogP contribution in [0.2, 0.25) is 0 Å². The van der Waals surface area contributed by atoms with Crippen LogP contribution in [0.25, 0.3) is 0 Å². The summed E-state index contributed by atoms with van der Waals surface area (Å²) in [7, 11) is 1.75. The van der Waals surface area contributed by atoms with Crippen LogP contribution in [0.3, 0.4) is 0 Å². The first-order chi connectivity index (χ1) is 9.97. The Morgan fingerprint density at radius 3 is 2.67 bits per heavy atom. The Balaban J connectivity index is 1.88. The molecule has 2 aromatic heterocycles. The molecule has 0 bridgehead atoms. The summed E-state index contributed by atoms with van der Waals surface area (Å²) in [6.07, 6.45) is 2.06. The van der Waals surface area contributed by atoms with Crippen LogP contribution in [0.4, 0.5) is 5.69 Å². The second-order valence-electron chi connectivity index (χ2n) is 5.65. The number of amides is 1. The zero-order valence-electron chi connectivity index (χ0n) is 12.6. The quantitative estimate of drug-likeness (QED) is 0.933. The minimum absolute atomic E-state index is 0.0767. The van der Waals surface area contributed by atoms with Gasteiger partial charge in [0.15, 0.2) is 0 Å². The van der Waals surface area contributed by atoms with Gasteiger partial charge >= 0.3 is 0 Å². The predicted molar refractivity (Wildman–Crippen MR) is 78.7 cm³/mol. The van der Waals surface area contributed by atoms with Crippen LogP contribution in [0.15, 0.2) is 16.5 Å². The zero-order chi connectivity index (χ0) is 15.1. The number of nitrogen functional groups attached to an aromatic ring is 1. The van der Waals surface area contributed by atoms with Gasteiger partial charge < -0.3 is 15.1 Å². The number of anilines is 1. The van der Waals surface area contributed by atoms with Crippen LogP contribution in [0.5, 0.6) is 0 Å². The molecule has 0 aliphatic heterocycles. The molecule has 2 aromatic rings. The number of nitrogens with two attached hydrogens (primary N) is 1. The topological polar surface area (TPSA) is 77.3 Å². The lowest BCUT2D eigenvalue weighted by Crippen LogP contribution is -2.34. The van der Waals surface area contributed by atoms with E-state index in [0.717, 1.165) is 24.4 Å². The molecular weight excluding hydrogens is 268 g/mol. The van der Waals surface area contributed by atoms with E-state index >= 15 is 0 Å². The molecule has 0 atom stereocenters. The molecular formula is C15H20N4O2. The van der Waals surface area contributed by atoms with Crippen molar-refractivity contribution in [2.45, 2.75) is 39.3 Å². The van der Waals surface area contributed by atoms with Crippen LogP contribution >= 0.6 is 0 Å². The number of hydrogen-bond donors (Lipinski definition) is 1. The van der Waals surface area contributed by atoms with Crippen molar-refractivity contribution < 1.29 is 9.21 Å². The van der Waals surface area contributed by atoms with Gasteiger partial charge in [0, 0.05) is 13.1 Å². The predicted octanol–water partition coefficient (Wildman–Crippen LogP) is 2.02. The number of carbonyl (C=O) groups excluding carboxylic acids is 1. The van der Waals surface area contributed by atoms with E-state index in [0.29, 0.717) is 23.6 Å². The van der Waals surface area contributed by atoms with Gasteiger partial charge in [-0.25, -0.2) is 0 Å². The Labute approximate surface area is 123 Å². The summed E-state index contributed by atoms with van der Waals surface area (Å²) in [5.41, 5.74) is 7.61. The minimum Gasteiger partial charge on any atom is -0.464 e. The highest BCUT2D eigenvalue weighted by molar-refractivity contribution is 5.98. The van der Waals surface area contributed by atoms with Crippen molar-refractivity contribution >= 4 is 11.6 Å². The molecule has 6 nitrogen and oxygen atoms in total. The van der Waals surface area contributed by atoms with Gasteiger partial charge in [0.1, 0.15) is 17.2 Å². The lowest BCUT2D eigenvalue weighted by atomic mass is 10.2. The molecule has 1 fully saturated rings. The van der Waals surface area contributed by atoms with E-state index < -0.39 is 0 Å². The highest BCUT2D eigenvalue weighted by Gasteiger charge is 2.35. The largest absolute Gasteiger partial charge is 0.464 e. The molecule has 1 saturated carbocycles. The summed E-state index contributed by atoms with van der Waals surface area (Å²) in [4.78, 5) is 14.7. The monoisotopic (exact) mass is 288 g/mol. The first kappa shape index (κ1) is 13.7. The van der Waals surface area contributed by atoms with E-state index in [2.05, 4.69) is 5.10 Å². The molecule has 0 aromatic carbocycles. The van der Waals surface area contributed by atoms with Gasteiger partial charge in [-0.15, -0.1) is 0 Å². The number of aryl methyl sites for hydroxylation is 3. The van der Waals surface area contributed by atoms with E-state index in [1.807, 2.05) is 30.9 Å². The van der Waals surface area contributed by atoms with E-state index in [1.54, 1.807) is 11.7 Å². The van der Waals surface area contributed by atoms with Gasteiger partial charge in [-0.3, -0.25) is 9.48 Å². The summed E-state index contributed by atoms with van der Waals surface area (Å²) in [6, 6.07) is 4.10. The smallest absolute Gasteiger partial charge is 0.274 e. The minimum atomic E-state index is -0.0767. The van der Waals surface area contributed by atoms with E-state index in [-0.39, 0.29) is 11.9 Å². The molecule has 3 rings (SSSR count). The van der Waals surface area contributed by atoms with Crippen LogP contribution in [-0.4, -0.2) is 26.6 Å². The van der Waals surface area contributed by atoms with Gasteiger partial charge in [0.2, 0.25) is 0 Å². The van der Waals surface area contributed by atoms with Crippen molar-refractivity contribution in [3.8, 4) is 0 Å². The third-order valence-corrected chi connectivity index (χ3v) is 3.84. The Morgan fingerprint density at radius 2 is 2.19 bits per heavy atom. The molecule has 2 heterocycles. The Morgan fingerprint density at radius 1 is 1.48 bits per heavy atom. The van der Waals surface area contributed by atoms with E-state index in [1.165, 1.54) is 0 Å². The molecule has 1 aliphatic carbocycles. The Hall–Kier alpha value is -2.24. The molecule has 0 radical (unpaired) electrons. The lowest BCUT2D eigenvalue weighted by molar-refractivity contribution is 0.0707. The van der Waals surface area contributed by atoms with Crippen molar-refractivity contribution in [2.75, 3.05) is 5.73 Å². The fourth-order valence-corrected chi connectivity index (χ4v) is 2.56. The second-order valence-corrected chi connectivity index (χ2v) is 5.65. The van der Waals surface area contributed by atoms with E-state index in [4.69, 9.17) is 10.2 Å². The third kappa shape index (κ3) is 2.53. The van der Waals surface area contributed by atoms with Gasteiger partial charge in [-0.1, -0.05) is 0 Å². The van der Waals surface area contributed by atoms with E-state index in [9.17, 15) is 4.79 Å². The molecule has 1 aliphatic rings. The third-order valence-electron chi connectivity index (χ3n) is 3.84. The van der Waals surface area contributed by atoms with Crippen molar-refractivity contribution in [1.29, 1.82) is 0 Å². The van der Waals surface area contributed by atoms with Crippen LogP contribution in [-0.2, 0) is 13.6 Å². The van der Waals surface area contributed by atoms with Gasteiger partial charge in [-0.05, 0) is 38.8 Å². The van der Waals surface area contributed by atoms with Crippen molar-refractivity contribution in [2.24, 2.45) is 7.05 Å². The maximum atomic E-state index is 12.8. The number of carbonyl (C=O) groups is 1. The lowest BCUT2D eigenvalue weighted by Gasteiger charge is -2.21. The molecule has 0 spiro atoms. The van der Waals surface area contributed by atoms with Gasteiger partial charge in [0.25, 0.3) is 5.91 Å². The average Bonchev–Trinajstić information content (AvgIpc) is 3.13. The van der Waals surface area contributed by atoms with Crippen LogP contribution in [0, 0.1) is 13.8 Å². The van der Waals surface area contributed by atoms with Crippen molar-refractivity contribution in [3.05, 3.63) is 35.0 Å². The standard InChI is InChI=1S/C15H20N4O2/c1-9-4-7-12(21-9)8-19(11-5-6-11)15(20)14-13(16)10(2)17-18(14)3/h4,7,11H,5-6,8,16H2,1-3H3. The fourth-order valence-electron chi connectivity index (χ4n) is 2.56. The maximum Gasteiger partial charge on any atom is 0.274 e. The van der Waals surface area contributed by atoms with Crippen LogP contribution < -0.4 is 5.73 Å². The summed E-state index contributed by atoms with van der Waals surface area (Å²) in [5.74, 6) is 1.57. The molecule has 0 unspecified atom stereocenters. The number of aromatic nitrogens is 2. The highest BCUT2D eigenvalue weighted by atomic mass is 16.3. The molecule has 0 saturated heterocycles. The summed E-state index contributed by atoms with van der Waals surface area (Å²) in [6.45, 7) is 4.18. The summed E-state index contributed by atoms with van der Waals surface area (Å²) >= 11 is 0. The molecule has 21 heavy (non-hydrogen) atoms. The molecule has 6 heteroatoms. The number of rotatable bonds is 4. The van der Waals surface area contributed by atoms with Crippen molar-refractivity contribution in [1.82, 2.24) is 14.7 Å². The zero-order valence-corrected chi connectivity index (χ0v) is 12.6. The van der Waals surface area contributed by atoms with Crippen LogP contribution in [0.1, 0.15) is 40.5 Å². The number of furan rings is 1. The summed E-state index contributed by atoms with van der Waals surface area (Å²) < 4.78 is 7.16. The number of nitrogens with zero attached hydrogens (tertiary/aromatic N) is 3. The Bertz CT molecular complexity index is 682. The normalized spacial score (nSPS) is 14.4. The van der Waals surface area contributed by atoms with Crippen molar-refractivity contribution in [3.63, 3.8) is 0 Å². The SMILES string of the molecule is Cc1ccc(CN(C(=O)c2c(N)c(C)nn2C)C2CC2)o1. The van der Waals surface area contributed by atoms with Gasteiger partial charge in [-0.2, -0.15) is 5.10 Å². The summed E-state index contributed by atoms with van der Waals surface area (Å²) in [5, 5.41) is 4.23.